The zero-order chi connectivity index (χ0) is 19.6. The lowest BCUT2D eigenvalue weighted by Crippen LogP contribution is -2.28. The van der Waals surface area contributed by atoms with Crippen molar-refractivity contribution in [3.8, 4) is 5.75 Å². The van der Waals surface area contributed by atoms with E-state index >= 15 is 0 Å². The van der Waals surface area contributed by atoms with Crippen molar-refractivity contribution < 1.29 is 19.1 Å². The highest BCUT2D eigenvalue weighted by molar-refractivity contribution is 6.04. The number of anilines is 2. The summed E-state index contributed by atoms with van der Waals surface area (Å²) in [5.74, 6) is -0.289. The molecule has 1 saturated heterocycles. The van der Waals surface area contributed by atoms with Crippen LogP contribution in [0.3, 0.4) is 0 Å². The molecule has 0 aliphatic carbocycles. The third-order valence-corrected chi connectivity index (χ3v) is 4.66. The Bertz CT molecular complexity index is 907. The molecule has 0 aromatic heterocycles. The fourth-order valence-electron chi connectivity index (χ4n) is 3.19. The number of carbonyl (C=O) groups is 3. The topological polar surface area (TPSA) is 75.7 Å². The van der Waals surface area contributed by atoms with E-state index in [-0.39, 0.29) is 30.6 Å². The summed E-state index contributed by atoms with van der Waals surface area (Å²) >= 11 is 0. The summed E-state index contributed by atoms with van der Waals surface area (Å²) in [6, 6.07) is 12.4. The number of ether oxygens (including phenoxy) is 1. The third-order valence-electron chi connectivity index (χ3n) is 4.66. The van der Waals surface area contributed by atoms with Crippen LogP contribution in [0, 0.1) is 12.8 Å². The number of aryl methyl sites for hydroxylation is 1. The molecule has 1 aliphatic heterocycles. The van der Waals surface area contributed by atoms with Gasteiger partial charge in [0.05, 0.1) is 18.7 Å². The van der Waals surface area contributed by atoms with Crippen LogP contribution in [0.1, 0.15) is 29.3 Å². The van der Waals surface area contributed by atoms with E-state index in [0.717, 1.165) is 5.56 Å². The third kappa shape index (κ3) is 4.00. The lowest BCUT2D eigenvalue weighted by atomic mass is 10.1. The van der Waals surface area contributed by atoms with Gasteiger partial charge in [0.15, 0.2) is 5.78 Å². The summed E-state index contributed by atoms with van der Waals surface area (Å²) in [6.45, 7) is 3.70. The Morgan fingerprint density at radius 1 is 1.19 bits per heavy atom. The van der Waals surface area contributed by atoms with Crippen molar-refractivity contribution in [2.24, 2.45) is 5.92 Å². The highest BCUT2D eigenvalue weighted by Gasteiger charge is 2.36. The largest absolute Gasteiger partial charge is 0.495 e. The van der Waals surface area contributed by atoms with Crippen LogP contribution in [0.25, 0.3) is 0 Å². The maximum absolute atomic E-state index is 12.6. The van der Waals surface area contributed by atoms with Crippen LogP contribution in [-0.4, -0.2) is 31.3 Å². The maximum Gasteiger partial charge on any atom is 0.229 e. The Morgan fingerprint density at radius 3 is 2.67 bits per heavy atom. The van der Waals surface area contributed by atoms with Crippen LogP contribution in [-0.2, 0) is 9.59 Å². The Kier molecular flexibility index (Phi) is 5.26. The van der Waals surface area contributed by atoms with Crippen LogP contribution in [0.2, 0.25) is 0 Å². The molecule has 2 aromatic carbocycles. The van der Waals surface area contributed by atoms with Crippen molar-refractivity contribution in [1.82, 2.24) is 0 Å². The normalized spacial score (nSPS) is 16.3. The monoisotopic (exact) mass is 366 g/mol. The number of rotatable bonds is 5. The molecule has 1 fully saturated rings. The Morgan fingerprint density at radius 2 is 1.96 bits per heavy atom. The number of methoxy groups -OCH3 is 1. The van der Waals surface area contributed by atoms with Crippen LogP contribution in [0.5, 0.6) is 5.75 Å². The molecule has 0 radical (unpaired) electrons. The van der Waals surface area contributed by atoms with Gasteiger partial charge in [-0.25, -0.2) is 0 Å². The Labute approximate surface area is 158 Å². The zero-order valence-corrected chi connectivity index (χ0v) is 15.6. The lowest BCUT2D eigenvalue weighted by Gasteiger charge is -2.20. The average molecular weight is 366 g/mol. The lowest BCUT2D eigenvalue weighted by molar-refractivity contribution is -0.122. The number of amides is 2. The first-order valence-corrected chi connectivity index (χ1v) is 8.76. The van der Waals surface area contributed by atoms with E-state index < -0.39 is 5.92 Å². The molecule has 3 rings (SSSR count). The van der Waals surface area contributed by atoms with Crippen molar-refractivity contribution in [2.75, 3.05) is 23.9 Å². The average Bonchev–Trinajstić information content (AvgIpc) is 3.03. The second kappa shape index (κ2) is 7.61. The number of nitrogens with one attached hydrogen (secondary N) is 1. The molecule has 1 atom stereocenters. The van der Waals surface area contributed by atoms with Gasteiger partial charge in [0.1, 0.15) is 5.75 Å². The Hall–Kier alpha value is -3.15. The van der Waals surface area contributed by atoms with Crippen LogP contribution >= 0.6 is 0 Å². The van der Waals surface area contributed by atoms with Gasteiger partial charge in [0.2, 0.25) is 11.8 Å². The highest BCUT2D eigenvalue weighted by Crippen LogP contribution is 2.34. The molecule has 2 aromatic rings. The summed E-state index contributed by atoms with van der Waals surface area (Å²) in [6.07, 6.45) is 0.134. The summed E-state index contributed by atoms with van der Waals surface area (Å²) < 4.78 is 5.36. The molecule has 6 heteroatoms. The van der Waals surface area contributed by atoms with Crippen molar-refractivity contribution >= 4 is 29.0 Å². The van der Waals surface area contributed by atoms with E-state index in [1.807, 2.05) is 25.1 Å². The first-order chi connectivity index (χ1) is 12.9. The SMILES string of the molecule is COc1ccc(C)cc1N1CC(C(=O)Nc2cccc(C(C)=O)c2)CC1=O. The molecule has 1 N–H and O–H groups in total. The van der Waals surface area contributed by atoms with Gasteiger partial charge in [0, 0.05) is 24.2 Å². The van der Waals surface area contributed by atoms with E-state index in [9.17, 15) is 14.4 Å². The fourth-order valence-corrected chi connectivity index (χ4v) is 3.19. The first-order valence-electron chi connectivity index (χ1n) is 8.76. The van der Waals surface area contributed by atoms with Gasteiger partial charge in [-0.3, -0.25) is 14.4 Å². The minimum Gasteiger partial charge on any atom is -0.495 e. The molecule has 1 heterocycles. The van der Waals surface area contributed by atoms with Gasteiger partial charge in [-0.2, -0.15) is 0 Å². The molecule has 140 valence electrons. The van der Waals surface area contributed by atoms with Crippen LogP contribution < -0.4 is 15.0 Å². The fraction of sp³-hybridized carbons (Fsp3) is 0.286. The molecule has 1 unspecified atom stereocenters. The zero-order valence-electron chi connectivity index (χ0n) is 15.6. The van der Waals surface area contributed by atoms with Gasteiger partial charge in [-0.05, 0) is 43.7 Å². The Balaban J connectivity index is 1.75. The van der Waals surface area contributed by atoms with Gasteiger partial charge in [0.25, 0.3) is 0 Å². The smallest absolute Gasteiger partial charge is 0.229 e. The summed E-state index contributed by atoms with van der Waals surface area (Å²) in [7, 11) is 1.56. The van der Waals surface area contributed by atoms with Crippen molar-refractivity contribution in [3.63, 3.8) is 0 Å². The van der Waals surface area contributed by atoms with E-state index in [1.165, 1.54) is 6.92 Å². The van der Waals surface area contributed by atoms with Gasteiger partial charge < -0.3 is 15.0 Å². The quantitative estimate of drug-likeness (QED) is 0.825. The second-order valence-electron chi connectivity index (χ2n) is 6.71. The van der Waals surface area contributed by atoms with Crippen molar-refractivity contribution in [1.29, 1.82) is 0 Å². The predicted molar refractivity (Wildman–Crippen MR) is 103 cm³/mol. The predicted octanol–water partition coefficient (Wildman–Crippen LogP) is 3.20. The molecule has 0 bridgehead atoms. The number of hydrogen-bond donors (Lipinski definition) is 1. The molecular formula is C21H22N2O4. The second-order valence-corrected chi connectivity index (χ2v) is 6.71. The molecular weight excluding hydrogens is 344 g/mol. The van der Waals surface area contributed by atoms with E-state index in [2.05, 4.69) is 5.32 Å². The number of ketones is 1. The number of Topliss-reactive ketones (excluding diaryl/α,β-unsaturated/α-hetero) is 1. The minimum atomic E-state index is -0.469. The number of nitrogens with zero attached hydrogens (tertiary/aromatic N) is 1. The molecule has 6 nitrogen and oxygen atoms in total. The molecule has 0 saturated carbocycles. The summed E-state index contributed by atoms with van der Waals surface area (Å²) in [5, 5.41) is 2.81. The van der Waals surface area contributed by atoms with Crippen LogP contribution in [0.4, 0.5) is 11.4 Å². The van der Waals surface area contributed by atoms with Gasteiger partial charge >= 0.3 is 0 Å². The maximum atomic E-state index is 12.6. The van der Waals surface area contributed by atoms with Gasteiger partial charge in [-0.15, -0.1) is 0 Å². The molecule has 27 heavy (non-hydrogen) atoms. The van der Waals surface area contributed by atoms with E-state index in [1.54, 1.807) is 36.3 Å². The minimum absolute atomic E-state index is 0.0696. The highest BCUT2D eigenvalue weighted by atomic mass is 16.5. The van der Waals surface area contributed by atoms with E-state index in [0.29, 0.717) is 22.7 Å². The van der Waals surface area contributed by atoms with Crippen LogP contribution in [0.15, 0.2) is 42.5 Å². The van der Waals surface area contributed by atoms with Crippen molar-refractivity contribution in [2.45, 2.75) is 20.3 Å². The van der Waals surface area contributed by atoms with Crippen molar-refractivity contribution in [3.05, 3.63) is 53.6 Å². The number of carbonyl (C=O) groups excluding carboxylic acids is 3. The standard InChI is InChI=1S/C21H22N2O4/c1-13-7-8-19(27-3)18(9-13)23-12-16(11-20(23)25)21(26)22-17-6-4-5-15(10-17)14(2)24/h4-10,16H,11-12H2,1-3H3,(H,22,26). The van der Waals surface area contributed by atoms with Gasteiger partial charge in [-0.1, -0.05) is 18.2 Å². The molecule has 1 aliphatic rings. The summed E-state index contributed by atoms with van der Waals surface area (Å²) in [5.41, 5.74) is 2.76. The molecule has 0 spiro atoms. The number of benzene rings is 2. The van der Waals surface area contributed by atoms with E-state index in [4.69, 9.17) is 4.74 Å². The first kappa shape index (κ1) is 18.6. The number of hydrogen-bond acceptors (Lipinski definition) is 4. The molecule has 2 amide bonds. The summed E-state index contributed by atoms with van der Waals surface area (Å²) in [4.78, 5) is 38.2.